The molecule has 2 heteroatoms. The highest BCUT2D eigenvalue weighted by Crippen LogP contribution is 2.29. The predicted octanol–water partition coefficient (Wildman–Crippen LogP) is 2.74. The fourth-order valence-electron chi connectivity index (χ4n) is 2.61. The van der Waals surface area contributed by atoms with Crippen molar-refractivity contribution in [1.29, 1.82) is 0 Å². The first-order valence-corrected chi connectivity index (χ1v) is 6.75. The molecule has 0 spiro atoms. The highest BCUT2D eigenvalue weighted by atomic mass is 15.2. The fourth-order valence-corrected chi connectivity index (χ4v) is 2.61. The Morgan fingerprint density at radius 2 is 1.62 bits per heavy atom. The van der Waals surface area contributed by atoms with Gasteiger partial charge in [-0.25, -0.2) is 0 Å². The summed E-state index contributed by atoms with van der Waals surface area (Å²) in [4.78, 5) is 2.30. The lowest BCUT2D eigenvalue weighted by molar-refractivity contribution is 0.149. The summed E-state index contributed by atoms with van der Waals surface area (Å²) in [6.45, 7) is 10.5. The lowest BCUT2D eigenvalue weighted by atomic mass is 9.78. The molecule has 16 heavy (non-hydrogen) atoms. The Bertz CT molecular complexity index is 201. The summed E-state index contributed by atoms with van der Waals surface area (Å²) in [5.41, 5.74) is 0.247. The van der Waals surface area contributed by atoms with E-state index in [1.165, 1.54) is 19.3 Å². The summed E-state index contributed by atoms with van der Waals surface area (Å²) in [5, 5.41) is 3.80. The molecule has 1 rings (SSSR count). The Kier molecular flexibility index (Phi) is 4.81. The second-order valence-electron chi connectivity index (χ2n) is 6.50. The molecule has 0 saturated heterocycles. The number of nitrogens with zero attached hydrogens (tertiary/aromatic N) is 1. The predicted molar refractivity (Wildman–Crippen MR) is 71.7 cm³/mol. The zero-order valence-electron chi connectivity index (χ0n) is 12.0. The van der Waals surface area contributed by atoms with E-state index in [1.54, 1.807) is 0 Å². The molecular weight excluding hydrogens is 196 g/mol. The number of hydrogen-bond donors (Lipinski definition) is 1. The van der Waals surface area contributed by atoms with E-state index in [0.717, 1.165) is 18.4 Å². The number of likely N-dealkylation sites (N-methyl/N-ethyl adjacent to an activating group) is 1. The van der Waals surface area contributed by atoms with Gasteiger partial charge in [0, 0.05) is 18.1 Å². The molecule has 0 aromatic heterocycles. The van der Waals surface area contributed by atoms with Gasteiger partial charge in [-0.1, -0.05) is 20.3 Å². The van der Waals surface area contributed by atoms with Crippen molar-refractivity contribution in [2.45, 2.75) is 58.5 Å². The van der Waals surface area contributed by atoms with E-state index in [4.69, 9.17) is 0 Å². The van der Waals surface area contributed by atoms with Crippen molar-refractivity contribution < 1.29 is 0 Å². The molecule has 1 aliphatic rings. The third-order valence-corrected chi connectivity index (χ3v) is 4.53. The monoisotopic (exact) mass is 226 g/mol. The van der Waals surface area contributed by atoms with Gasteiger partial charge >= 0.3 is 0 Å². The minimum atomic E-state index is 0.247. The smallest absolute Gasteiger partial charge is 0.0271 e. The summed E-state index contributed by atoms with van der Waals surface area (Å²) in [7, 11) is 4.32. The summed E-state index contributed by atoms with van der Waals surface area (Å²) in [5.74, 6) is 1.67. The van der Waals surface area contributed by atoms with E-state index in [9.17, 15) is 0 Å². The van der Waals surface area contributed by atoms with Crippen molar-refractivity contribution >= 4 is 0 Å². The van der Waals surface area contributed by atoms with Crippen molar-refractivity contribution in [2.24, 2.45) is 11.8 Å². The Morgan fingerprint density at radius 1 is 1.12 bits per heavy atom. The standard InChI is InChI=1S/C14H30N2/c1-11-8-7-9-12(2)13(11)15-10-14(3,4)16(5)6/h11-13,15H,7-10H2,1-6H3. The van der Waals surface area contributed by atoms with E-state index in [0.29, 0.717) is 6.04 Å². The van der Waals surface area contributed by atoms with E-state index in [1.807, 2.05) is 0 Å². The van der Waals surface area contributed by atoms with Gasteiger partial charge in [0.05, 0.1) is 0 Å². The van der Waals surface area contributed by atoms with Crippen LogP contribution in [0.5, 0.6) is 0 Å². The highest BCUT2D eigenvalue weighted by molar-refractivity contribution is 4.87. The molecule has 0 radical (unpaired) electrons. The molecule has 2 unspecified atom stereocenters. The molecule has 96 valence electrons. The fraction of sp³-hybridized carbons (Fsp3) is 1.00. The van der Waals surface area contributed by atoms with Crippen LogP contribution in [0.3, 0.4) is 0 Å². The van der Waals surface area contributed by atoms with Crippen LogP contribution in [0.25, 0.3) is 0 Å². The molecule has 0 amide bonds. The second kappa shape index (κ2) is 5.50. The van der Waals surface area contributed by atoms with Crippen LogP contribution in [0.15, 0.2) is 0 Å². The maximum Gasteiger partial charge on any atom is 0.0271 e. The van der Waals surface area contributed by atoms with E-state index >= 15 is 0 Å². The van der Waals surface area contributed by atoms with Gasteiger partial charge in [0.15, 0.2) is 0 Å². The maximum atomic E-state index is 3.80. The van der Waals surface area contributed by atoms with Gasteiger partial charge < -0.3 is 10.2 Å². The molecule has 0 bridgehead atoms. The molecule has 0 aliphatic heterocycles. The summed E-state index contributed by atoms with van der Waals surface area (Å²) in [6, 6.07) is 0.716. The molecular formula is C14H30N2. The van der Waals surface area contributed by atoms with Crippen molar-refractivity contribution in [1.82, 2.24) is 10.2 Å². The van der Waals surface area contributed by atoms with Gasteiger partial charge in [-0.05, 0) is 52.6 Å². The first-order valence-electron chi connectivity index (χ1n) is 6.75. The van der Waals surface area contributed by atoms with Crippen molar-refractivity contribution in [3.8, 4) is 0 Å². The Balaban J connectivity index is 2.47. The van der Waals surface area contributed by atoms with Gasteiger partial charge in [-0.2, -0.15) is 0 Å². The van der Waals surface area contributed by atoms with Crippen molar-refractivity contribution in [3.05, 3.63) is 0 Å². The van der Waals surface area contributed by atoms with Crippen LogP contribution in [0.4, 0.5) is 0 Å². The van der Waals surface area contributed by atoms with Crippen LogP contribution in [0.1, 0.15) is 47.0 Å². The first kappa shape index (κ1) is 14.0. The molecule has 2 atom stereocenters. The molecule has 2 nitrogen and oxygen atoms in total. The van der Waals surface area contributed by atoms with Crippen LogP contribution in [-0.4, -0.2) is 37.1 Å². The minimum absolute atomic E-state index is 0.247. The van der Waals surface area contributed by atoms with E-state index < -0.39 is 0 Å². The Morgan fingerprint density at radius 3 is 2.06 bits per heavy atom. The summed E-state index contributed by atoms with van der Waals surface area (Å²) in [6.07, 6.45) is 4.20. The molecule has 0 aromatic rings. The van der Waals surface area contributed by atoms with Gasteiger partial charge in [-0.15, -0.1) is 0 Å². The van der Waals surface area contributed by atoms with Crippen LogP contribution in [0.2, 0.25) is 0 Å². The van der Waals surface area contributed by atoms with Gasteiger partial charge in [0.2, 0.25) is 0 Å². The summed E-state index contributed by atoms with van der Waals surface area (Å²) < 4.78 is 0. The third-order valence-electron chi connectivity index (χ3n) is 4.53. The van der Waals surface area contributed by atoms with E-state index in [-0.39, 0.29) is 5.54 Å². The zero-order valence-corrected chi connectivity index (χ0v) is 12.0. The first-order chi connectivity index (χ1) is 7.34. The summed E-state index contributed by atoms with van der Waals surface area (Å²) >= 11 is 0. The Labute approximate surface area is 102 Å². The lowest BCUT2D eigenvalue weighted by Crippen LogP contribution is -2.52. The molecule has 1 aliphatic carbocycles. The van der Waals surface area contributed by atoms with Gasteiger partial charge in [0.1, 0.15) is 0 Å². The van der Waals surface area contributed by atoms with Crippen molar-refractivity contribution in [3.63, 3.8) is 0 Å². The topological polar surface area (TPSA) is 15.3 Å². The van der Waals surface area contributed by atoms with Crippen LogP contribution < -0.4 is 5.32 Å². The largest absolute Gasteiger partial charge is 0.312 e. The molecule has 1 fully saturated rings. The highest BCUT2D eigenvalue weighted by Gasteiger charge is 2.29. The van der Waals surface area contributed by atoms with Crippen molar-refractivity contribution in [2.75, 3.05) is 20.6 Å². The lowest BCUT2D eigenvalue weighted by Gasteiger charge is -2.40. The number of nitrogens with one attached hydrogen (secondary N) is 1. The van der Waals surface area contributed by atoms with Gasteiger partial charge in [0.25, 0.3) is 0 Å². The molecule has 0 aromatic carbocycles. The normalized spacial score (nSPS) is 32.1. The zero-order chi connectivity index (χ0) is 12.3. The quantitative estimate of drug-likeness (QED) is 0.793. The minimum Gasteiger partial charge on any atom is -0.312 e. The molecule has 0 heterocycles. The number of rotatable bonds is 4. The van der Waals surface area contributed by atoms with Crippen LogP contribution in [-0.2, 0) is 0 Å². The molecule has 1 N–H and O–H groups in total. The van der Waals surface area contributed by atoms with E-state index in [2.05, 4.69) is 52.0 Å². The second-order valence-corrected chi connectivity index (χ2v) is 6.50. The van der Waals surface area contributed by atoms with Crippen LogP contribution in [0, 0.1) is 11.8 Å². The van der Waals surface area contributed by atoms with Gasteiger partial charge in [-0.3, -0.25) is 0 Å². The van der Waals surface area contributed by atoms with Crippen LogP contribution >= 0.6 is 0 Å². The number of hydrogen-bond acceptors (Lipinski definition) is 2. The average Bonchev–Trinajstić information content (AvgIpc) is 2.16. The SMILES string of the molecule is CC1CCCC(C)C1NCC(C)(C)N(C)C. The third kappa shape index (κ3) is 3.46. The Hall–Kier alpha value is -0.0800. The average molecular weight is 226 g/mol. The molecule has 1 saturated carbocycles. The maximum absolute atomic E-state index is 3.80.